The average molecular weight is 310 g/mol. The summed E-state index contributed by atoms with van der Waals surface area (Å²) < 4.78 is 1.20. The predicted molar refractivity (Wildman–Crippen MR) is 78.7 cm³/mol. The Morgan fingerprint density at radius 2 is 2.00 bits per heavy atom. The number of hydrogen-bond acceptors (Lipinski definition) is 2. The van der Waals surface area contributed by atoms with Crippen LogP contribution in [0.4, 0.5) is 0 Å². The Labute approximate surface area is 115 Å². The lowest BCUT2D eigenvalue weighted by atomic mass is 10.1. The quantitative estimate of drug-likeness (QED) is 0.875. The summed E-state index contributed by atoms with van der Waals surface area (Å²) in [6, 6.07) is 13.1. The number of halogens is 1. The molecule has 0 saturated carbocycles. The number of nitrogens with one attached hydrogen (secondary N) is 1. The van der Waals surface area contributed by atoms with Gasteiger partial charge in [0.05, 0.1) is 6.04 Å². The molecule has 0 aliphatic carbocycles. The highest BCUT2D eigenvalue weighted by molar-refractivity contribution is 9.10. The van der Waals surface area contributed by atoms with E-state index in [1.807, 2.05) is 11.3 Å². The van der Waals surface area contributed by atoms with Crippen LogP contribution in [0.25, 0.3) is 0 Å². The molecule has 1 aromatic carbocycles. The molecule has 3 heteroatoms. The van der Waals surface area contributed by atoms with Gasteiger partial charge in [-0.1, -0.05) is 37.3 Å². The molecule has 1 aromatic heterocycles. The van der Waals surface area contributed by atoms with E-state index in [2.05, 4.69) is 71.5 Å². The first-order valence-corrected chi connectivity index (χ1v) is 7.37. The number of benzene rings is 1. The van der Waals surface area contributed by atoms with E-state index in [-0.39, 0.29) is 0 Å². The minimum absolute atomic E-state index is 0.302. The Kier molecular flexibility index (Phi) is 4.37. The lowest BCUT2D eigenvalue weighted by Gasteiger charge is -2.16. The van der Waals surface area contributed by atoms with Crippen LogP contribution in [-0.4, -0.2) is 6.54 Å². The van der Waals surface area contributed by atoms with Gasteiger partial charge in [-0.2, -0.15) is 0 Å². The van der Waals surface area contributed by atoms with Crippen LogP contribution >= 0.6 is 27.3 Å². The van der Waals surface area contributed by atoms with Crippen LogP contribution in [0.2, 0.25) is 0 Å². The maximum Gasteiger partial charge on any atom is 0.0671 e. The van der Waals surface area contributed by atoms with Crippen molar-refractivity contribution in [3.05, 3.63) is 56.2 Å². The second kappa shape index (κ2) is 5.80. The third-order valence-electron chi connectivity index (χ3n) is 2.70. The maximum atomic E-state index is 3.59. The highest BCUT2D eigenvalue weighted by Gasteiger charge is 2.15. The topological polar surface area (TPSA) is 12.0 Å². The number of thiophene rings is 1. The second-order valence-electron chi connectivity index (χ2n) is 3.95. The van der Waals surface area contributed by atoms with Crippen LogP contribution in [0, 0.1) is 6.92 Å². The molecular formula is C14H16BrNS. The number of aryl methyl sites for hydroxylation is 1. The minimum atomic E-state index is 0.302. The molecule has 0 bridgehead atoms. The fraction of sp³-hybridized carbons (Fsp3) is 0.286. The molecule has 0 saturated heterocycles. The van der Waals surface area contributed by atoms with Crippen molar-refractivity contribution in [1.29, 1.82) is 0 Å². The van der Waals surface area contributed by atoms with Gasteiger partial charge in [0.25, 0.3) is 0 Å². The molecule has 0 aliphatic rings. The van der Waals surface area contributed by atoms with Crippen LogP contribution in [0.1, 0.15) is 28.3 Å². The van der Waals surface area contributed by atoms with E-state index in [0.29, 0.717) is 6.04 Å². The van der Waals surface area contributed by atoms with Gasteiger partial charge in [-0.25, -0.2) is 0 Å². The molecule has 0 spiro atoms. The van der Waals surface area contributed by atoms with Crippen molar-refractivity contribution in [2.75, 3.05) is 6.54 Å². The van der Waals surface area contributed by atoms with Crippen LogP contribution in [-0.2, 0) is 0 Å². The molecule has 0 fully saturated rings. The highest BCUT2D eigenvalue weighted by atomic mass is 79.9. The number of hydrogen-bond donors (Lipinski definition) is 1. The van der Waals surface area contributed by atoms with Crippen molar-refractivity contribution in [3.8, 4) is 0 Å². The van der Waals surface area contributed by atoms with E-state index >= 15 is 0 Å². The summed E-state index contributed by atoms with van der Waals surface area (Å²) in [5.41, 5.74) is 1.32. The standard InChI is InChI=1S/C14H16BrNS/c1-3-16-14(11-7-5-4-6-8-11)13-9-12(15)10(2)17-13/h4-9,14,16H,3H2,1-2H3. The van der Waals surface area contributed by atoms with Crippen molar-refractivity contribution < 1.29 is 0 Å². The van der Waals surface area contributed by atoms with Crippen LogP contribution < -0.4 is 5.32 Å². The molecule has 1 heterocycles. The molecule has 90 valence electrons. The Morgan fingerprint density at radius 3 is 2.53 bits per heavy atom. The van der Waals surface area contributed by atoms with Crippen molar-refractivity contribution >= 4 is 27.3 Å². The molecule has 2 rings (SSSR count). The lowest BCUT2D eigenvalue weighted by molar-refractivity contribution is 0.639. The van der Waals surface area contributed by atoms with Gasteiger partial charge < -0.3 is 5.32 Å². The SMILES string of the molecule is CCNC(c1ccccc1)c1cc(Br)c(C)s1. The first-order valence-electron chi connectivity index (χ1n) is 5.76. The van der Waals surface area contributed by atoms with E-state index in [4.69, 9.17) is 0 Å². The normalized spacial score (nSPS) is 12.6. The molecule has 1 atom stereocenters. The van der Waals surface area contributed by atoms with Gasteiger partial charge in [0.15, 0.2) is 0 Å². The summed E-state index contributed by atoms with van der Waals surface area (Å²) >= 11 is 5.44. The Balaban J connectivity index is 2.35. The molecule has 0 radical (unpaired) electrons. The summed E-state index contributed by atoms with van der Waals surface area (Å²) in [5.74, 6) is 0. The van der Waals surface area contributed by atoms with Crippen LogP contribution in [0.3, 0.4) is 0 Å². The fourth-order valence-corrected chi connectivity index (χ4v) is 3.52. The Bertz CT molecular complexity index is 459. The zero-order chi connectivity index (χ0) is 12.3. The highest BCUT2D eigenvalue weighted by Crippen LogP contribution is 2.33. The molecule has 1 nitrogen and oxygen atoms in total. The molecule has 0 amide bonds. The van der Waals surface area contributed by atoms with Crippen LogP contribution in [0.15, 0.2) is 40.9 Å². The first kappa shape index (κ1) is 12.8. The monoisotopic (exact) mass is 309 g/mol. The van der Waals surface area contributed by atoms with Crippen molar-refractivity contribution in [2.45, 2.75) is 19.9 Å². The van der Waals surface area contributed by atoms with E-state index in [1.165, 1.54) is 19.8 Å². The van der Waals surface area contributed by atoms with Crippen LogP contribution in [0.5, 0.6) is 0 Å². The summed E-state index contributed by atoms with van der Waals surface area (Å²) in [5, 5.41) is 3.55. The molecule has 17 heavy (non-hydrogen) atoms. The lowest BCUT2D eigenvalue weighted by Crippen LogP contribution is -2.20. The van der Waals surface area contributed by atoms with Crippen molar-refractivity contribution in [3.63, 3.8) is 0 Å². The Morgan fingerprint density at radius 1 is 1.29 bits per heavy atom. The molecule has 1 unspecified atom stereocenters. The molecular weight excluding hydrogens is 294 g/mol. The summed E-state index contributed by atoms with van der Waals surface area (Å²) in [7, 11) is 0. The van der Waals surface area contributed by atoms with Gasteiger partial charge in [-0.15, -0.1) is 11.3 Å². The van der Waals surface area contributed by atoms with E-state index in [1.54, 1.807) is 0 Å². The summed E-state index contributed by atoms with van der Waals surface area (Å²) in [6.07, 6.45) is 0. The number of rotatable bonds is 4. The third-order valence-corrected chi connectivity index (χ3v) is 4.90. The van der Waals surface area contributed by atoms with E-state index in [9.17, 15) is 0 Å². The molecule has 0 aliphatic heterocycles. The molecule has 1 N–H and O–H groups in total. The zero-order valence-electron chi connectivity index (χ0n) is 10.0. The molecule has 2 aromatic rings. The fourth-order valence-electron chi connectivity index (χ4n) is 1.86. The van der Waals surface area contributed by atoms with Gasteiger partial charge in [0.2, 0.25) is 0 Å². The summed E-state index contributed by atoms with van der Waals surface area (Å²) in [6.45, 7) is 5.26. The average Bonchev–Trinajstić information content (AvgIpc) is 2.67. The predicted octanol–water partition coefficient (Wildman–Crippen LogP) is 4.52. The second-order valence-corrected chi connectivity index (χ2v) is 6.10. The van der Waals surface area contributed by atoms with Gasteiger partial charge in [-0.3, -0.25) is 0 Å². The van der Waals surface area contributed by atoms with Gasteiger partial charge >= 0.3 is 0 Å². The van der Waals surface area contributed by atoms with E-state index in [0.717, 1.165) is 6.54 Å². The summed E-state index contributed by atoms with van der Waals surface area (Å²) in [4.78, 5) is 2.70. The maximum absolute atomic E-state index is 3.59. The van der Waals surface area contributed by atoms with Gasteiger partial charge in [0, 0.05) is 14.2 Å². The third kappa shape index (κ3) is 2.97. The Hall–Kier alpha value is -0.640. The van der Waals surface area contributed by atoms with Crippen molar-refractivity contribution in [2.24, 2.45) is 0 Å². The first-order chi connectivity index (χ1) is 8.22. The van der Waals surface area contributed by atoms with Gasteiger partial charge in [-0.05, 0) is 41.0 Å². The largest absolute Gasteiger partial charge is 0.306 e. The van der Waals surface area contributed by atoms with Gasteiger partial charge in [0.1, 0.15) is 0 Å². The van der Waals surface area contributed by atoms with E-state index < -0.39 is 0 Å². The zero-order valence-corrected chi connectivity index (χ0v) is 12.4. The smallest absolute Gasteiger partial charge is 0.0671 e. The minimum Gasteiger partial charge on any atom is -0.306 e. The van der Waals surface area contributed by atoms with Crippen molar-refractivity contribution in [1.82, 2.24) is 5.32 Å².